The Bertz CT molecular complexity index is 1310. The molecular weight excluding hydrogens is 497 g/mol. The second kappa shape index (κ2) is 12.4. The molecule has 1 N–H and O–H groups in total. The molecular formula is C32H36FNO5. The molecule has 6 nitrogen and oxygen atoms in total. The van der Waals surface area contributed by atoms with Crippen LogP contribution in [0.3, 0.4) is 0 Å². The molecule has 0 saturated carbocycles. The van der Waals surface area contributed by atoms with Crippen molar-refractivity contribution in [2.75, 3.05) is 20.3 Å². The van der Waals surface area contributed by atoms with Crippen molar-refractivity contribution in [3.05, 3.63) is 99.4 Å². The summed E-state index contributed by atoms with van der Waals surface area (Å²) in [5, 5.41) is 3.33. The third-order valence-corrected chi connectivity index (χ3v) is 7.36. The molecule has 0 atom stereocenters. The molecule has 7 heteroatoms. The Morgan fingerprint density at radius 1 is 1.00 bits per heavy atom. The number of hydrogen-bond donors (Lipinski definition) is 1. The summed E-state index contributed by atoms with van der Waals surface area (Å²) < 4.78 is 30.8. The zero-order valence-electron chi connectivity index (χ0n) is 23.1. The summed E-state index contributed by atoms with van der Waals surface area (Å²) in [6, 6.07) is 16.4. The highest BCUT2D eigenvalue weighted by Gasteiger charge is 2.37. The average molecular weight is 534 g/mol. The topological polar surface area (TPSA) is 73.9 Å². The minimum atomic E-state index is -0.590. The first-order valence-corrected chi connectivity index (χ1v) is 13.3. The summed E-state index contributed by atoms with van der Waals surface area (Å²) >= 11 is 0. The monoisotopic (exact) mass is 533 g/mol. The predicted molar refractivity (Wildman–Crippen MR) is 147 cm³/mol. The van der Waals surface area contributed by atoms with Crippen LogP contribution < -0.4 is 10.1 Å². The number of carbonyl (C=O) groups is 2. The maximum absolute atomic E-state index is 14.4. The highest BCUT2D eigenvalue weighted by atomic mass is 19.1. The summed E-state index contributed by atoms with van der Waals surface area (Å²) in [5.74, 6) is -0.508. The zero-order chi connectivity index (χ0) is 28.0. The fourth-order valence-electron chi connectivity index (χ4n) is 5.16. The molecule has 0 unspecified atom stereocenters. The van der Waals surface area contributed by atoms with Gasteiger partial charge in [-0.3, -0.25) is 9.59 Å². The van der Waals surface area contributed by atoms with Gasteiger partial charge in [-0.15, -0.1) is 0 Å². The van der Waals surface area contributed by atoms with Gasteiger partial charge in [-0.1, -0.05) is 47.5 Å². The molecule has 1 aliphatic heterocycles. The second-order valence-corrected chi connectivity index (χ2v) is 10.2. The summed E-state index contributed by atoms with van der Waals surface area (Å²) in [7, 11) is 1.34. The molecule has 1 aliphatic rings. The SMILES string of the molecule is COC(=O)CCc1ccc(OCc2c(C)cccc2F)cc1C(=O)NC1(c2cc(C)cc(C)c2)CCOCC1. The van der Waals surface area contributed by atoms with E-state index in [9.17, 15) is 14.0 Å². The molecule has 0 aliphatic carbocycles. The number of amides is 1. The maximum Gasteiger partial charge on any atom is 0.305 e. The van der Waals surface area contributed by atoms with Crippen LogP contribution in [0.2, 0.25) is 0 Å². The molecule has 1 amide bonds. The van der Waals surface area contributed by atoms with Crippen LogP contribution in [-0.4, -0.2) is 32.2 Å². The molecule has 1 heterocycles. The van der Waals surface area contributed by atoms with Crippen LogP contribution in [0.1, 0.15) is 63.0 Å². The van der Waals surface area contributed by atoms with Gasteiger partial charge < -0.3 is 19.5 Å². The van der Waals surface area contributed by atoms with Gasteiger partial charge in [0.15, 0.2) is 0 Å². The van der Waals surface area contributed by atoms with Gasteiger partial charge in [-0.25, -0.2) is 4.39 Å². The van der Waals surface area contributed by atoms with Crippen LogP contribution in [0.5, 0.6) is 5.75 Å². The van der Waals surface area contributed by atoms with Crippen LogP contribution in [0, 0.1) is 26.6 Å². The van der Waals surface area contributed by atoms with E-state index in [2.05, 4.69) is 23.5 Å². The molecule has 4 rings (SSSR count). The van der Waals surface area contributed by atoms with Crippen molar-refractivity contribution >= 4 is 11.9 Å². The quantitative estimate of drug-likeness (QED) is 0.348. The van der Waals surface area contributed by atoms with E-state index in [0.29, 0.717) is 54.9 Å². The number of hydrogen-bond acceptors (Lipinski definition) is 5. The molecule has 1 fully saturated rings. The zero-order valence-corrected chi connectivity index (χ0v) is 23.1. The lowest BCUT2D eigenvalue weighted by Crippen LogP contribution is -2.49. The Balaban J connectivity index is 1.66. The van der Waals surface area contributed by atoms with E-state index in [1.165, 1.54) is 13.2 Å². The smallest absolute Gasteiger partial charge is 0.305 e. The van der Waals surface area contributed by atoms with E-state index < -0.39 is 5.54 Å². The highest BCUT2D eigenvalue weighted by molar-refractivity contribution is 5.97. The molecule has 0 spiro atoms. The third-order valence-electron chi connectivity index (χ3n) is 7.36. The Hall–Kier alpha value is -3.71. The third kappa shape index (κ3) is 6.84. The maximum atomic E-state index is 14.4. The van der Waals surface area contributed by atoms with Crippen LogP contribution in [0.15, 0.2) is 54.6 Å². The van der Waals surface area contributed by atoms with Crippen LogP contribution in [0.4, 0.5) is 4.39 Å². The van der Waals surface area contributed by atoms with Gasteiger partial charge in [0.05, 0.1) is 12.6 Å². The van der Waals surface area contributed by atoms with Crippen molar-refractivity contribution in [1.29, 1.82) is 0 Å². The number of aryl methyl sites for hydroxylation is 4. The minimum Gasteiger partial charge on any atom is -0.489 e. The highest BCUT2D eigenvalue weighted by Crippen LogP contribution is 2.34. The van der Waals surface area contributed by atoms with Gasteiger partial charge in [-0.2, -0.15) is 0 Å². The van der Waals surface area contributed by atoms with Gasteiger partial charge >= 0.3 is 5.97 Å². The van der Waals surface area contributed by atoms with Crippen molar-refractivity contribution in [2.45, 2.75) is 58.6 Å². The molecule has 0 aromatic heterocycles. The first kappa shape index (κ1) is 28.3. The lowest BCUT2D eigenvalue weighted by molar-refractivity contribution is -0.140. The summed E-state index contributed by atoms with van der Waals surface area (Å²) in [4.78, 5) is 25.8. The number of esters is 1. The van der Waals surface area contributed by atoms with Crippen molar-refractivity contribution < 1.29 is 28.2 Å². The first-order chi connectivity index (χ1) is 18.7. The second-order valence-electron chi connectivity index (χ2n) is 10.2. The van der Waals surface area contributed by atoms with Gasteiger partial charge in [0.2, 0.25) is 0 Å². The van der Waals surface area contributed by atoms with Gasteiger partial charge in [0.25, 0.3) is 5.91 Å². The number of ether oxygens (including phenoxy) is 3. The Labute approximate surface area is 229 Å². The van der Waals surface area contributed by atoms with E-state index in [1.54, 1.807) is 24.3 Å². The van der Waals surface area contributed by atoms with E-state index in [-0.39, 0.29) is 30.7 Å². The summed E-state index contributed by atoms with van der Waals surface area (Å²) in [6.45, 7) is 7.03. The fraction of sp³-hybridized carbons (Fsp3) is 0.375. The van der Waals surface area contributed by atoms with Crippen molar-refractivity contribution in [2.24, 2.45) is 0 Å². The van der Waals surface area contributed by atoms with E-state index in [1.807, 2.05) is 26.8 Å². The van der Waals surface area contributed by atoms with Gasteiger partial charge in [0.1, 0.15) is 18.2 Å². The van der Waals surface area contributed by atoms with E-state index >= 15 is 0 Å². The van der Waals surface area contributed by atoms with Gasteiger partial charge in [-0.05, 0) is 74.9 Å². The Morgan fingerprint density at radius 2 is 1.72 bits per heavy atom. The molecule has 0 radical (unpaired) electrons. The summed E-state index contributed by atoms with van der Waals surface area (Å²) in [5.41, 5.74) is 5.09. The molecule has 206 valence electrons. The largest absolute Gasteiger partial charge is 0.489 e. The van der Waals surface area contributed by atoms with Crippen molar-refractivity contribution in [3.8, 4) is 5.75 Å². The normalized spacial score (nSPS) is 14.5. The van der Waals surface area contributed by atoms with Crippen LogP contribution in [0.25, 0.3) is 0 Å². The lowest BCUT2D eigenvalue weighted by atomic mass is 9.81. The number of rotatable bonds is 9. The number of nitrogens with one attached hydrogen (secondary N) is 1. The molecule has 3 aromatic rings. The lowest BCUT2D eigenvalue weighted by Gasteiger charge is -2.39. The minimum absolute atomic E-state index is 0.0327. The molecule has 3 aromatic carbocycles. The van der Waals surface area contributed by atoms with E-state index in [4.69, 9.17) is 14.2 Å². The standard InChI is InChI=1S/C32H36FNO5/c1-21-16-22(2)18-25(17-21)32(12-14-38-15-13-32)34-31(36)27-19-26(10-8-24(27)9-11-30(35)37-4)39-20-28-23(3)6-5-7-29(28)33/h5-8,10,16-19H,9,11-15,20H2,1-4H3,(H,34,36). The number of halogens is 1. The molecule has 0 bridgehead atoms. The molecule has 39 heavy (non-hydrogen) atoms. The molecule has 1 saturated heterocycles. The van der Waals surface area contributed by atoms with Crippen molar-refractivity contribution in [3.63, 3.8) is 0 Å². The Morgan fingerprint density at radius 3 is 2.38 bits per heavy atom. The van der Waals surface area contributed by atoms with Crippen molar-refractivity contribution in [1.82, 2.24) is 5.32 Å². The fourth-order valence-corrected chi connectivity index (χ4v) is 5.16. The average Bonchev–Trinajstić information content (AvgIpc) is 2.91. The predicted octanol–water partition coefficient (Wildman–Crippen LogP) is 5.87. The summed E-state index contributed by atoms with van der Waals surface area (Å²) in [6.07, 6.45) is 1.76. The number of benzene rings is 3. The Kier molecular flexibility index (Phi) is 9.02. The van der Waals surface area contributed by atoms with E-state index in [0.717, 1.165) is 22.3 Å². The van der Waals surface area contributed by atoms with Gasteiger partial charge in [0, 0.05) is 30.8 Å². The first-order valence-electron chi connectivity index (χ1n) is 13.3. The number of methoxy groups -OCH3 is 1. The van der Waals surface area contributed by atoms with Crippen LogP contribution in [-0.2, 0) is 32.8 Å². The van der Waals surface area contributed by atoms with Crippen LogP contribution >= 0.6 is 0 Å². The number of carbonyl (C=O) groups excluding carboxylic acids is 2.